The topological polar surface area (TPSA) is 65.1 Å². The van der Waals surface area contributed by atoms with Crippen LogP contribution in [0.5, 0.6) is 5.75 Å². The summed E-state index contributed by atoms with van der Waals surface area (Å²) in [5.74, 6) is -1.42. The minimum absolute atomic E-state index is 0.0387. The molecule has 8 heteroatoms. The van der Waals surface area contributed by atoms with Crippen LogP contribution in [0.4, 0.5) is 4.39 Å². The fourth-order valence-corrected chi connectivity index (χ4v) is 2.95. The van der Waals surface area contributed by atoms with Gasteiger partial charge in [-0.15, -0.1) is 0 Å². The maximum absolute atomic E-state index is 13.1. The van der Waals surface area contributed by atoms with Crippen LogP contribution in [0.25, 0.3) is 0 Å². The Balaban J connectivity index is 1.68. The smallest absolute Gasteiger partial charge is 0.345 e. The first kappa shape index (κ1) is 20.1. The van der Waals surface area contributed by atoms with Gasteiger partial charge in [0.2, 0.25) is 6.10 Å². The Bertz CT molecular complexity index is 827. The molecule has 1 atom stereocenters. The summed E-state index contributed by atoms with van der Waals surface area (Å²) in [5.41, 5.74) is 0.562. The van der Waals surface area contributed by atoms with Gasteiger partial charge in [-0.05, 0) is 18.2 Å². The number of hydrogen-bond acceptors (Lipinski definition) is 5. The summed E-state index contributed by atoms with van der Waals surface area (Å²) in [5, 5.41) is 0.0387. The van der Waals surface area contributed by atoms with E-state index < -0.39 is 24.5 Å². The molecule has 1 aliphatic heterocycles. The number of nitrogens with zero attached hydrogens (tertiary/aromatic N) is 1. The highest BCUT2D eigenvalue weighted by molar-refractivity contribution is 6.32. The minimum Gasteiger partial charge on any atom is -0.480 e. The second kappa shape index (κ2) is 9.52. The van der Waals surface area contributed by atoms with E-state index in [-0.39, 0.29) is 16.7 Å². The van der Waals surface area contributed by atoms with Gasteiger partial charge in [0.15, 0.2) is 6.61 Å². The van der Waals surface area contributed by atoms with E-state index in [4.69, 9.17) is 25.8 Å². The quantitative estimate of drug-likeness (QED) is 0.689. The maximum atomic E-state index is 13.1. The van der Waals surface area contributed by atoms with Crippen LogP contribution < -0.4 is 4.74 Å². The summed E-state index contributed by atoms with van der Waals surface area (Å²) >= 11 is 5.88. The van der Waals surface area contributed by atoms with E-state index in [0.717, 1.165) is 6.07 Å². The van der Waals surface area contributed by atoms with Gasteiger partial charge in [0.05, 0.1) is 18.2 Å². The molecule has 0 N–H and O–H groups in total. The van der Waals surface area contributed by atoms with Crippen LogP contribution in [0.3, 0.4) is 0 Å². The van der Waals surface area contributed by atoms with Gasteiger partial charge in [0.1, 0.15) is 11.6 Å². The van der Waals surface area contributed by atoms with Gasteiger partial charge < -0.3 is 19.1 Å². The lowest BCUT2D eigenvalue weighted by atomic mass is 10.1. The summed E-state index contributed by atoms with van der Waals surface area (Å²) < 4.78 is 29.1. The second-order valence-corrected chi connectivity index (χ2v) is 6.49. The molecule has 2 aromatic carbocycles. The number of benzene rings is 2. The normalized spacial score (nSPS) is 15.0. The van der Waals surface area contributed by atoms with Gasteiger partial charge in [0, 0.05) is 18.7 Å². The van der Waals surface area contributed by atoms with Crippen molar-refractivity contribution in [3.63, 3.8) is 0 Å². The summed E-state index contributed by atoms with van der Waals surface area (Å²) in [7, 11) is 0. The van der Waals surface area contributed by atoms with Crippen LogP contribution in [0.2, 0.25) is 5.02 Å². The van der Waals surface area contributed by atoms with Crippen molar-refractivity contribution in [2.75, 3.05) is 32.9 Å². The number of esters is 1. The van der Waals surface area contributed by atoms with Gasteiger partial charge in [0.25, 0.3) is 5.91 Å². The Kier molecular flexibility index (Phi) is 6.84. The van der Waals surface area contributed by atoms with Crippen molar-refractivity contribution in [3.8, 4) is 5.75 Å². The maximum Gasteiger partial charge on any atom is 0.345 e. The highest BCUT2D eigenvalue weighted by atomic mass is 35.5. The molecular formula is C20H19ClFNO5. The fraction of sp³-hybridized carbons (Fsp3) is 0.300. The van der Waals surface area contributed by atoms with E-state index in [1.807, 2.05) is 0 Å². The standard InChI is InChI=1S/C20H19ClFNO5/c21-16-12-15(22)6-7-17(16)27-13-18(24)28-19(14-4-2-1-3-5-14)20(25)23-8-10-26-11-9-23/h1-7,12,19H,8-11,13H2/t19-/m0/s1. The van der Waals surface area contributed by atoms with Crippen LogP contribution >= 0.6 is 11.6 Å². The first-order chi connectivity index (χ1) is 13.5. The highest BCUT2D eigenvalue weighted by Crippen LogP contribution is 2.25. The molecular weight excluding hydrogens is 389 g/mol. The van der Waals surface area contributed by atoms with E-state index >= 15 is 0 Å². The van der Waals surface area contributed by atoms with E-state index in [1.54, 1.807) is 35.2 Å². The Morgan fingerprint density at radius 2 is 1.86 bits per heavy atom. The molecule has 28 heavy (non-hydrogen) atoms. The van der Waals surface area contributed by atoms with Gasteiger partial charge >= 0.3 is 5.97 Å². The van der Waals surface area contributed by atoms with Crippen molar-refractivity contribution in [2.24, 2.45) is 0 Å². The SMILES string of the molecule is O=C(COc1ccc(F)cc1Cl)O[C@H](C(=O)N1CCOCC1)c1ccccc1. The highest BCUT2D eigenvalue weighted by Gasteiger charge is 2.30. The molecule has 1 aliphatic rings. The first-order valence-electron chi connectivity index (χ1n) is 8.73. The molecule has 2 aromatic rings. The van der Waals surface area contributed by atoms with Crippen LogP contribution in [0, 0.1) is 5.82 Å². The number of carbonyl (C=O) groups is 2. The van der Waals surface area contributed by atoms with Gasteiger partial charge in [-0.25, -0.2) is 9.18 Å². The third-order valence-electron chi connectivity index (χ3n) is 4.14. The first-order valence-corrected chi connectivity index (χ1v) is 9.11. The number of ether oxygens (including phenoxy) is 3. The fourth-order valence-electron chi connectivity index (χ4n) is 2.73. The Hall–Kier alpha value is -2.64. The van der Waals surface area contributed by atoms with Crippen LogP contribution in [-0.4, -0.2) is 49.7 Å². The summed E-state index contributed by atoms with van der Waals surface area (Å²) in [4.78, 5) is 26.8. The lowest BCUT2D eigenvalue weighted by molar-refractivity contribution is -0.164. The molecule has 0 bridgehead atoms. The molecule has 0 unspecified atom stereocenters. The van der Waals surface area contributed by atoms with Crippen molar-refractivity contribution >= 4 is 23.5 Å². The molecule has 1 amide bonds. The molecule has 1 heterocycles. The monoisotopic (exact) mass is 407 g/mol. The molecule has 0 aromatic heterocycles. The number of amides is 1. The molecule has 0 spiro atoms. The molecule has 148 valence electrons. The summed E-state index contributed by atoms with van der Waals surface area (Å²) in [6, 6.07) is 12.3. The van der Waals surface area contributed by atoms with Crippen molar-refractivity contribution < 1.29 is 28.2 Å². The molecule has 0 aliphatic carbocycles. The Labute approximate surface area is 166 Å². The number of rotatable bonds is 6. The third kappa shape index (κ3) is 5.21. The van der Waals surface area contributed by atoms with Crippen LogP contribution in [0.1, 0.15) is 11.7 Å². The predicted octanol–water partition coefficient (Wildman–Crippen LogP) is 3.00. The van der Waals surface area contributed by atoms with Crippen molar-refractivity contribution in [3.05, 3.63) is 64.9 Å². The number of morpholine rings is 1. The van der Waals surface area contributed by atoms with Crippen molar-refractivity contribution in [1.82, 2.24) is 4.90 Å². The van der Waals surface area contributed by atoms with Gasteiger partial charge in [-0.1, -0.05) is 41.9 Å². The zero-order chi connectivity index (χ0) is 19.9. The van der Waals surface area contributed by atoms with E-state index in [1.165, 1.54) is 12.1 Å². The predicted molar refractivity (Wildman–Crippen MR) is 99.6 cm³/mol. The molecule has 6 nitrogen and oxygen atoms in total. The Morgan fingerprint density at radius 3 is 2.54 bits per heavy atom. The minimum atomic E-state index is -1.08. The molecule has 0 saturated carbocycles. The van der Waals surface area contributed by atoms with Crippen molar-refractivity contribution in [2.45, 2.75) is 6.10 Å². The zero-order valence-corrected chi connectivity index (χ0v) is 15.7. The van der Waals surface area contributed by atoms with E-state index in [0.29, 0.717) is 31.9 Å². The summed E-state index contributed by atoms with van der Waals surface area (Å²) in [6.07, 6.45) is -1.08. The second-order valence-electron chi connectivity index (χ2n) is 6.08. The van der Waals surface area contributed by atoms with E-state index in [9.17, 15) is 14.0 Å². The number of hydrogen-bond donors (Lipinski definition) is 0. The summed E-state index contributed by atoms with van der Waals surface area (Å²) in [6.45, 7) is 1.27. The molecule has 0 radical (unpaired) electrons. The lowest BCUT2D eigenvalue weighted by Crippen LogP contribution is -2.44. The van der Waals surface area contributed by atoms with Crippen molar-refractivity contribution in [1.29, 1.82) is 0 Å². The average molecular weight is 408 g/mol. The lowest BCUT2D eigenvalue weighted by Gasteiger charge is -2.30. The number of halogens is 2. The van der Waals surface area contributed by atoms with Gasteiger partial charge in [-0.2, -0.15) is 0 Å². The zero-order valence-electron chi connectivity index (χ0n) is 15.0. The van der Waals surface area contributed by atoms with Crippen LogP contribution in [0.15, 0.2) is 48.5 Å². The molecule has 1 saturated heterocycles. The Morgan fingerprint density at radius 1 is 1.14 bits per heavy atom. The van der Waals surface area contributed by atoms with E-state index in [2.05, 4.69) is 0 Å². The molecule has 1 fully saturated rings. The number of carbonyl (C=O) groups excluding carboxylic acids is 2. The van der Waals surface area contributed by atoms with Gasteiger partial charge in [-0.3, -0.25) is 4.79 Å². The third-order valence-corrected chi connectivity index (χ3v) is 4.43. The average Bonchev–Trinajstić information content (AvgIpc) is 2.72. The molecule has 3 rings (SSSR count). The van der Waals surface area contributed by atoms with Crippen LogP contribution in [-0.2, 0) is 19.1 Å². The largest absolute Gasteiger partial charge is 0.480 e.